The van der Waals surface area contributed by atoms with Crippen LogP contribution in [-0.4, -0.2) is 23.9 Å². The van der Waals surface area contributed by atoms with Gasteiger partial charge in [0, 0.05) is 0 Å². The molecule has 0 heterocycles. The predicted molar refractivity (Wildman–Crippen MR) is 25.2 cm³/mol. The van der Waals surface area contributed by atoms with Crippen molar-refractivity contribution in [1.29, 1.82) is 0 Å². The first kappa shape index (κ1) is 9.02. The number of hydrogen-bond acceptors (Lipinski definition) is 2. The van der Waals surface area contributed by atoms with Gasteiger partial charge in [0.05, 0.1) is 0 Å². The van der Waals surface area contributed by atoms with Crippen LogP contribution in [-0.2, 0) is 0 Å². The summed E-state index contributed by atoms with van der Waals surface area (Å²) in [6, 6.07) is 0. The molecule has 0 aromatic carbocycles. The number of carbonyl (C=O) groups is 1. The van der Waals surface area contributed by atoms with E-state index in [1.165, 1.54) is 10.9 Å². The molecule has 1 amide bonds. The van der Waals surface area contributed by atoms with E-state index in [0.29, 0.717) is 0 Å². The molecule has 0 saturated heterocycles. The lowest BCUT2D eigenvalue weighted by molar-refractivity contribution is -0.126. The lowest BCUT2D eigenvalue weighted by Crippen LogP contribution is -2.42. The lowest BCUT2D eigenvalue weighted by atomic mass is 10.7. The number of alkyl halides is 3. The smallest absolute Gasteiger partial charge is 0.419 e. The quantitative estimate of drug-likeness (QED) is 0.507. The van der Waals surface area contributed by atoms with Crippen LogP contribution in [0.5, 0.6) is 0 Å². The van der Waals surface area contributed by atoms with Crippen molar-refractivity contribution in [1.82, 2.24) is 10.9 Å². The molecule has 0 radical (unpaired) electrons. The highest BCUT2D eigenvalue weighted by atomic mass is 19.4. The fourth-order valence-corrected chi connectivity index (χ4v) is 0.220. The Morgan fingerprint density at radius 3 is 2.30 bits per heavy atom. The van der Waals surface area contributed by atoms with Gasteiger partial charge in [0.1, 0.15) is 6.54 Å². The summed E-state index contributed by atoms with van der Waals surface area (Å²) < 4.78 is 33.6. The molecule has 0 atom stereocenters. The normalized spacial score (nSPS) is 11.1. The van der Waals surface area contributed by atoms with Crippen LogP contribution < -0.4 is 10.9 Å². The highest BCUT2D eigenvalue weighted by Gasteiger charge is 2.26. The van der Waals surface area contributed by atoms with E-state index in [4.69, 9.17) is 5.11 Å². The number of carboxylic acid groups (broad SMARTS) is 1. The fraction of sp³-hybridized carbons (Fsp3) is 0.667. The first-order valence-electron chi connectivity index (χ1n) is 2.20. The second kappa shape index (κ2) is 3.25. The van der Waals surface area contributed by atoms with Gasteiger partial charge >= 0.3 is 12.3 Å². The van der Waals surface area contributed by atoms with E-state index in [2.05, 4.69) is 0 Å². The third-order valence-electron chi connectivity index (χ3n) is 0.484. The van der Waals surface area contributed by atoms with Gasteiger partial charge in [0.2, 0.25) is 0 Å². The van der Waals surface area contributed by atoms with Crippen LogP contribution in [0.3, 0.4) is 0 Å². The van der Waals surface area contributed by atoms with Gasteiger partial charge in [-0.1, -0.05) is 0 Å². The van der Waals surface area contributed by atoms with Crippen LogP contribution >= 0.6 is 0 Å². The standard InChI is InChI=1S/C3H5F3N2O2/c4-3(5,6)1-7-8-2(9)10/h7-8H,1H2,(H,9,10). The molecule has 0 unspecified atom stereocenters. The minimum absolute atomic E-state index is 1.35. The summed E-state index contributed by atoms with van der Waals surface area (Å²) in [5, 5.41) is 7.77. The maximum absolute atomic E-state index is 11.2. The molecule has 0 fully saturated rings. The molecule has 0 bridgehead atoms. The summed E-state index contributed by atoms with van der Waals surface area (Å²) in [6.45, 7) is -1.38. The fourth-order valence-electron chi connectivity index (χ4n) is 0.220. The second-order valence-electron chi connectivity index (χ2n) is 1.40. The largest absolute Gasteiger partial charge is 0.464 e. The van der Waals surface area contributed by atoms with Crippen molar-refractivity contribution in [2.75, 3.05) is 6.54 Å². The van der Waals surface area contributed by atoms with Gasteiger partial charge in [-0.25, -0.2) is 10.2 Å². The second-order valence-corrected chi connectivity index (χ2v) is 1.40. The molecule has 3 N–H and O–H groups in total. The molecule has 0 aliphatic carbocycles. The Balaban J connectivity index is 3.29. The van der Waals surface area contributed by atoms with Crippen LogP contribution in [0.2, 0.25) is 0 Å². The Labute approximate surface area is 54.0 Å². The Kier molecular flexibility index (Phi) is 2.94. The van der Waals surface area contributed by atoms with Crippen molar-refractivity contribution < 1.29 is 23.1 Å². The summed E-state index contributed by atoms with van der Waals surface area (Å²) in [6.07, 6.45) is -5.95. The van der Waals surface area contributed by atoms with Gasteiger partial charge in [-0.3, -0.25) is 5.43 Å². The van der Waals surface area contributed by atoms with Crippen molar-refractivity contribution >= 4 is 6.09 Å². The van der Waals surface area contributed by atoms with Gasteiger partial charge in [-0.2, -0.15) is 13.2 Å². The predicted octanol–water partition coefficient (Wildman–Crippen LogP) is 0.321. The molecule has 60 valence electrons. The van der Waals surface area contributed by atoms with Gasteiger partial charge in [-0.15, -0.1) is 0 Å². The summed E-state index contributed by atoms with van der Waals surface area (Å²) in [7, 11) is 0. The zero-order valence-corrected chi connectivity index (χ0v) is 4.70. The van der Waals surface area contributed by atoms with E-state index in [1.54, 1.807) is 0 Å². The SMILES string of the molecule is O=C(O)NNCC(F)(F)F. The molecule has 0 saturated carbocycles. The summed E-state index contributed by atoms with van der Waals surface area (Å²) >= 11 is 0. The number of hydrogen-bond donors (Lipinski definition) is 3. The molecule has 10 heavy (non-hydrogen) atoms. The minimum atomic E-state index is -4.40. The van der Waals surface area contributed by atoms with Gasteiger partial charge in [0.25, 0.3) is 0 Å². The van der Waals surface area contributed by atoms with Crippen molar-refractivity contribution in [3.05, 3.63) is 0 Å². The maximum Gasteiger partial charge on any atom is 0.419 e. The highest BCUT2D eigenvalue weighted by Crippen LogP contribution is 2.11. The van der Waals surface area contributed by atoms with Crippen molar-refractivity contribution in [2.24, 2.45) is 0 Å². The van der Waals surface area contributed by atoms with Crippen LogP contribution in [0, 0.1) is 0 Å². The lowest BCUT2D eigenvalue weighted by Gasteiger charge is -2.06. The summed E-state index contributed by atoms with van der Waals surface area (Å²) in [4.78, 5) is 9.54. The highest BCUT2D eigenvalue weighted by molar-refractivity contribution is 5.63. The van der Waals surface area contributed by atoms with E-state index < -0.39 is 18.8 Å². The van der Waals surface area contributed by atoms with E-state index in [0.717, 1.165) is 0 Å². The molecule has 0 aliphatic heterocycles. The topological polar surface area (TPSA) is 61.4 Å². The molecular formula is C3H5F3N2O2. The summed E-state index contributed by atoms with van der Waals surface area (Å²) in [5.41, 5.74) is 2.80. The van der Waals surface area contributed by atoms with Gasteiger partial charge in [0.15, 0.2) is 0 Å². The van der Waals surface area contributed by atoms with Gasteiger partial charge in [-0.05, 0) is 0 Å². The third-order valence-corrected chi connectivity index (χ3v) is 0.484. The average Bonchev–Trinajstić information content (AvgIpc) is 1.59. The Morgan fingerprint density at radius 1 is 1.50 bits per heavy atom. The molecule has 0 spiro atoms. The first-order chi connectivity index (χ1) is 4.42. The van der Waals surface area contributed by atoms with Crippen molar-refractivity contribution in [3.63, 3.8) is 0 Å². The molecule has 0 aromatic heterocycles. The molecule has 0 rings (SSSR count). The zero-order valence-electron chi connectivity index (χ0n) is 4.70. The number of amides is 1. The maximum atomic E-state index is 11.2. The summed E-state index contributed by atoms with van der Waals surface area (Å²) in [5.74, 6) is 0. The Bertz CT molecular complexity index is 123. The minimum Gasteiger partial charge on any atom is -0.464 e. The van der Waals surface area contributed by atoms with Crippen LogP contribution in [0.4, 0.5) is 18.0 Å². The van der Waals surface area contributed by atoms with E-state index >= 15 is 0 Å². The Hall–Kier alpha value is -0.980. The van der Waals surface area contributed by atoms with Crippen molar-refractivity contribution in [3.8, 4) is 0 Å². The molecule has 0 aromatic rings. The number of nitrogens with one attached hydrogen (secondary N) is 2. The molecule has 4 nitrogen and oxygen atoms in total. The average molecular weight is 158 g/mol. The van der Waals surface area contributed by atoms with Gasteiger partial charge < -0.3 is 5.11 Å². The van der Waals surface area contributed by atoms with E-state index in [1.807, 2.05) is 0 Å². The Morgan fingerprint density at radius 2 is 2.00 bits per heavy atom. The molecule has 7 heteroatoms. The zero-order chi connectivity index (χ0) is 8.20. The third kappa shape index (κ3) is 7.02. The number of rotatable bonds is 2. The molecule has 0 aliphatic rings. The van der Waals surface area contributed by atoms with Crippen LogP contribution in [0.1, 0.15) is 0 Å². The van der Waals surface area contributed by atoms with Crippen molar-refractivity contribution in [2.45, 2.75) is 6.18 Å². The number of hydrazine groups is 1. The first-order valence-corrected chi connectivity index (χ1v) is 2.20. The number of halogens is 3. The van der Waals surface area contributed by atoms with Crippen LogP contribution in [0.25, 0.3) is 0 Å². The molecular weight excluding hydrogens is 153 g/mol. The van der Waals surface area contributed by atoms with E-state index in [-0.39, 0.29) is 0 Å². The monoisotopic (exact) mass is 158 g/mol. The van der Waals surface area contributed by atoms with Crippen LogP contribution in [0.15, 0.2) is 0 Å². The van der Waals surface area contributed by atoms with E-state index in [9.17, 15) is 18.0 Å².